The van der Waals surface area contributed by atoms with Crippen LogP contribution in [0, 0.1) is 5.41 Å². The molecule has 0 aliphatic carbocycles. The third-order valence-corrected chi connectivity index (χ3v) is 7.71. The van der Waals surface area contributed by atoms with Gasteiger partial charge in [-0.15, -0.1) is 0 Å². The van der Waals surface area contributed by atoms with Gasteiger partial charge in [-0.05, 0) is 55.4 Å². The van der Waals surface area contributed by atoms with Gasteiger partial charge in [0.15, 0.2) is 0 Å². The Morgan fingerprint density at radius 3 is 1.05 bits per heavy atom. The summed E-state index contributed by atoms with van der Waals surface area (Å²) in [5, 5.41) is 9.21. The molecule has 246 valence electrons. The maximum Gasteiger partial charge on any atom is 0.463 e. The van der Waals surface area contributed by atoms with Crippen molar-refractivity contribution in [3.8, 4) is 0 Å². The lowest BCUT2D eigenvalue weighted by Crippen LogP contribution is -2.45. The highest BCUT2D eigenvalue weighted by Crippen LogP contribution is 2.44. The second kappa shape index (κ2) is 15.5. The van der Waals surface area contributed by atoms with Crippen molar-refractivity contribution < 1.29 is 33.0 Å². The van der Waals surface area contributed by atoms with Crippen molar-refractivity contribution in [2.75, 3.05) is 26.4 Å². The Balaban J connectivity index is 0.000000546. The van der Waals surface area contributed by atoms with Crippen molar-refractivity contribution in [1.82, 2.24) is 0 Å². The fourth-order valence-corrected chi connectivity index (χ4v) is 3.38. The summed E-state index contributed by atoms with van der Waals surface area (Å²) in [5.74, 6) is 0. The summed E-state index contributed by atoms with van der Waals surface area (Å²) in [5.41, 5.74) is -0.225. The van der Waals surface area contributed by atoms with Crippen molar-refractivity contribution in [1.29, 1.82) is 0 Å². The molecule has 0 radical (unpaired) electrons. The summed E-state index contributed by atoms with van der Waals surface area (Å²) in [6, 6.07) is 0. The summed E-state index contributed by atoms with van der Waals surface area (Å²) in [6.45, 7) is 42.8. The molecule has 11 heteroatoms. The van der Waals surface area contributed by atoms with Crippen LogP contribution in [0.5, 0.6) is 0 Å². The first-order valence-electron chi connectivity index (χ1n) is 15.9. The van der Waals surface area contributed by atoms with E-state index in [1.807, 2.05) is 20.8 Å². The molecule has 3 heterocycles. The van der Waals surface area contributed by atoms with Crippen LogP contribution in [0.25, 0.3) is 0 Å². The van der Waals surface area contributed by atoms with Crippen molar-refractivity contribution >= 4 is 28.3 Å². The SMILES string of the molecule is CB(O)C(C)(C)C.CC(C)(C)B1OC(C)(C)C(C)(C)O1.CC(C)(C)B1OCCCO1.CC1(C)COB(C(C)(C)C)OC1. The van der Waals surface area contributed by atoms with Crippen LogP contribution in [0.4, 0.5) is 0 Å². The summed E-state index contributed by atoms with van der Waals surface area (Å²) < 4.78 is 33.9. The zero-order valence-corrected chi connectivity index (χ0v) is 31.2. The molecule has 42 heavy (non-hydrogen) atoms. The molecule has 0 aromatic carbocycles. The largest absolute Gasteiger partial charge is 0.463 e. The van der Waals surface area contributed by atoms with Gasteiger partial charge in [-0.1, -0.05) is 104 Å². The predicted octanol–water partition coefficient (Wildman–Crippen LogP) is 8.34. The van der Waals surface area contributed by atoms with Gasteiger partial charge in [-0.25, -0.2) is 0 Å². The van der Waals surface area contributed by atoms with Gasteiger partial charge in [0.1, 0.15) is 0 Å². The van der Waals surface area contributed by atoms with E-state index in [0.717, 1.165) is 32.8 Å². The Morgan fingerprint density at radius 2 is 0.833 bits per heavy atom. The van der Waals surface area contributed by atoms with E-state index in [0.29, 0.717) is 0 Å². The average Bonchev–Trinajstić information content (AvgIpc) is 3.01. The van der Waals surface area contributed by atoms with Gasteiger partial charge >= 0.3 is 21.4 Å². The number of hydrogen-bond acceptors (Lipinski definition) is 7. The highest BCUT2D eigenvalue weighted by Gasteiger charge is 2.55. The molecule has 0 amide bonds. The van der Waals surface area contributed by atoms with E-state index in [4.69, 9.17) is 33.0 Å². The Bertz CT molecular complexity index is 744. The predicted molar refractivity (Wildman–Crippen MR) is 182 cm³/mol. The lowest BCUT2D eigenvalue weighted by molar-refractivity contribution is 0.00578. The summed E-state index contributed by atoms with van der Waals surface area (Å²) in [4.78, 5) is 0. The lowest BCUT2D eigenvalue weighted by Gasteiger charge is -2.37. The molecule has 0 atom stereocenters. The van der Waals surface area contributed by atoms with Gasteiger partial charge < -0.3 is 33.0 Å². The van der Waals surface area contributed by atoms with Crippen molar-refractivity contribution in [3.05, 3.63) is 0 Å². The van der Waals surface area contributed by atoms with E-state index in [1.54, 1.807) is 6.82 Å². The molecule has 3 aliphatic heterocycles. The standard InChI is InChI=1S/C10H21BO2.C9H19BO2.C7H15BO2.C5H13BO/c1-8(2,3)11-12-9(4,5)10(6,7)13-11;1-8(2,3)10-11-6-9(4,5)7-12-10;1-7(2,3)8-9-5-4-6-10-8;1-5(2,3)6(4)7/h1-7H3;6-7H2,1-5H3;4-6H2,1-3H3;7H,1-4H3. The first kappa shape index (κ1) is 42.0. The normalized spacial score (nSPS) is 22.1. The number of rotatable bonds is 0. The Hall–Kier alpha value is -0.0203. The second-order valence-electron chi connectivity index (χ2n) is 18.3. The van der Waals surface area contributed by atoms with Gasteiger partial charge in [-0.2, -0.15) is 0 Å². The van der Waals surface area contributed by atoms with Gasteiger partial charge in [0, 0.05) is 31.8 Å². The van der Waals surface area contributed by atoms with E-state index in [1.165, 1.54) is 0 Å². The van der Waals surface area contributed by atoms with Crippen LogP contribution in [-0.4, -0.2) is 70.9 Å². The maximum atomic E-state index is 8.89. The van der Waals surface area contributed by atoms with Crippen LogP contribution in [-0.2, 0) is 27.9 Å². The smallest absolute Gasteiger partial charge is 0.450 e. The first-order chi connectivity index (χ1) is 18.4. The Morgan fingerprint density at radius 1 is 0.548 bits per heavy atom. The third kappa shape index (κ3) is 15.3. The molecule has 0 unspecified atom stereocenters. The Kier molecular flexibility index (Phi) is 15.5. The van der Waals surface area contributed by atoms with Crippen molar-refractivity contribution in [3.63, 3.8) is 0 Å². The fourth-order valence-electron chi connectivity index (χ4n) is 3.38. The summed E-state index contributed by atoms with van der Waals surface area (Å²) in [7, 11) is -0.135. The summed E-state index contributed by atoms with van der Waals surface area (Å²) in [6.07, 6.45) is 1.03. The quantitative estimate of drug-likeness (QED) is 0.282. The van der Waals surface area contributed by atoms with Crippen LogP contribution in [0.1, 0.15) is 131 Å². The third-order valence-electron chi connectivity index (χ3n) is 7.71. The van der Waals surface area contributed by atoms with Gasteiger partial charge in [0.25, 0.3) is 6.92 Å². The van der Waals surface area contributed by atoms with Crippen LogP contribution < -0.4 is 0 Å². The molecule has 0 spiro atoms. The molecule has 3 aliphatic rings. The molecule has 3 saturated heterocycles. The molecule has 3 fully saturated rings. The monoisotopic (exact) mass is 597 g/mol. The average molecular weight is 596 g/mol. The second-order valence-corrected chi connectivity index (χ2v) is 18.3. The van der Waals surface area contributed by atoms with Crippen LogP contribution in [0.15, 0.2) is 0 Å². The zero-order valence-electron chi connectivity index (χ0n) is 31.2. The zero-order chi connectivity index (χ0) is 33.6. The van der Waals surface area contributed by atoms with E-state index in [-0.39, 0.29) is 66.1 Å². The molecule has 0 bridgehead atoms. The minimum Gasteiger partial charge on any atom is -0.450 e. The minimum absolute atomic E-state index is 0.00116. The van der Waals surface area contributed by atoms with Gasteiger partial charge in [0.05, 0.1) is 11.2 Å². The summed E-state index contributed by atoms with van der Waals surface area (Å²) >= 11 is 0. The molecule has 1 N–H and O–H groups in total. The minimum atomic E-state index is -0.203. The van der Waals surface area contributed by atoms with Gasteiger partial charge in [-0.3, -0.25) is 0 Å². The molecule has 7 nitrogen and oxygen atoms in total. The maximum absolute atomic E-state index is 8.89. The Labute approximate surface area is 263 Å². The van der Waals surface area contributed by atoms with Crippen LogP contribution >= 0.6 is 0 Å². The molecular weight excluding hydrogens is 528 g/mol. The number of hydrogen-bond donors (Lipinski definition) is 1. The van der Waals surface area contributed by atoms with E-state index in [2.05, 4.69) is 104 Å². The topological polar surface area (TPSA) is 75.6 Å². The molecular formula is C31H68B4O7. The molecule has 0 aromatic rings. The highest BCUT2D eigenvalue weighted by atomic mass is 16.7. The molecule has 3 rings (SSSR count). The van der Waals surface area contributed by atoms with Crippen molar-refractivity contribution in [2.45, 2.75) is 170 Å². The lowest BCUT2D eigenvalue weighted by atomic mass is 9.50. The van der Waals surface area contributed by atoms with Gasteiger partial charge in [0.2, 0.25) is 0 Å². The van der Waals surface area contributed by atoms with Crippen LogP contribution in [0.2, 0.25) is 28.1 Å². The van der Waals surface area contributed by atoms with E-state index < -0.39 is 0 Å². The van der Waals surface area contributed by atoms with E-state index in [9.17, 15) is 0 Å². The highest BCUT2D eigenvalue weighted by molar-refractivity contribution is 6.52. The fraction of sp³-hybridized carbons (Fsp3) is 1.00. The van der Waals surface area contributed by atoms with Crippen molar-refractivity contribution in [2.24, 2.45) is 5.41 Å². The molecule has 0 saturated carbocycles. The molecule has 0 aromatic heterocycles. The van der Waals surface area contributed by atoms with Crippen LogP contribution in [0.3, 0.4) is 0 Å². The first-order valence-corrected chi connectivity index (χ1v) is 15.9. The van der Waals surface area contributed by atoms with E-state index >= 15 is 0 Å².